The van der Waals surface area contributed by atoms with Crippen molar-refractivity contribution in [1.29, 1.82) is 0 Å². The van der Waals surface area contributed by atoms with Crippen molar-refractivity contribution in [2.24, 2.45) is 0 Å². The smallest absolute Gasteiger partial charge is 0.408 e. The number of amides is 1. The molecular formula is C23H19BrN2O4. The molecule has 1 atom stereocenters. The average Bonchev–Trinajstić information content (AvgIpc) is 3.06. The van der Waals surface area contributed by atoms with Crippen LogP contribution in [0.5, 0.6) is 0 Å². The van der Waals surface area contributed by atoms with Crippen LogP contribution in [0.25, 0.3) is 11.1 Å². The van der Waals surface area contributed by atoms with Gasteiger partial charge in [0, 0.05) is 16.6 Å². The van der Waals surface area contributed by atoms with Crippen molar-refractivity contribution >= 4 is 28.0 Å². The first-order chi connectivity index (χ1) is 14.5. The van der Waals surface area contributed by atoms with Crippen molar-refractivity contribution in [2.45, 2.75) is 18.9 Å². The number of hydrogen-bond acceptors (Lipinski definition) is 4. The summed E-state index contributed by atoms with van der Waals surface area (Å²) in [5.74, 6) is -1.32. The largest absolute Gasteiger partial charge is 0.479 e. The first-order valence-electron chi connectivity index (χ1n) is 9.42. The van der Waals surface area contributed by atoms with Gasteiger partial charge in [-0.2, -0.15) is 0 Å². The van der Waals surface area contributed by atoms with Gasteiger partial charge in [0.1, 0.15) is 6.61 Å². The van der Waals surface area contributed by atoms with Crippen molar-refractivity contribution < 1.29 is 19.4 Å². The van der Waals surface area contributed by atoms with Gasteiger partial charge in [0.2, 0.25) is 0 Å². The van der Waals surface area contributed by atoms with Gasteiger partial charge in [-0.1, -0.05) is 48.5 Å². The molecule has 1 amide bonds. The van der Waals surface area contributed by atoms with Gasteiger partial charge in [0.15, 0.2) is 6.04 Å². The second-order valence-corrected chi connectivity index (χ2v) is 7.86. The monoisotopic (exact) mass is 466 g/mol. The molecule has 30 heavy (non-hydrogen) atoms. The number of ether oxygens (including phenoxy) is 1. The molecular weight excluding hydrogens is 448 g/mol. The van der Waals surface area contributed by atoms with Crippen LogP contribution in [0.2, 0.25) is 0 Å². The summed E-state index contributed by atoms with van der Waals surface area (Å²) in [5.41, 5.74) is 5.46. The number of fused-ring (bicyclic) bond motifs is 3. The van der Waals surface area contributed by atoms with Gasteiger partial charge in [-0.05, 0) is 56.7 Å². The van der Waals surface area contributed by atoms with E-state index in [4.69, 9.17) is 4.74 Å². The Labute approximate surface area is 182 Å². The molecule has 7 heteroatoms. The molecule has 1 aromatic heterocycles. The van der Waals surface area contributed by atoms with Crippen molar-refractivity contribution in [3.8, 4) is 11.1 Å². The van der Waals surface area contributed by atoms with Crippen molar-refractivity contribution in [3.05, 3.63) is 87.7 Å². The molecule has 4 rings (SSSR count). The van der Waals surface area contributed by atoms with Crippen LogP contribution in [0.3, 0.4) is 0 Å². The van der Waals surface area contributed by atoms with E-state index >= 15 is 0 Å². The van der Waals surface area contributed by atoms with Crippen LogP contribution in [0, 0.1) is 6.92 Å². The molecule has 3 aromatic rings. The normalized spacial score (nSPS) is 13.3. The molecule has 152 valence electrons. The van der Waals surface area contributed by atoms with E-state index in [1.54, 1.807) is 6.07 Å². The molecule has 0 radical (unpaired) electrons. The molecule has 2 aromatic carbocycles. The molecule has 1 unspecified atom stereocenters. The zero-order valence-electron chi connectivity index (χ0n) is 16.1. The van der Waals surface area contributed by atoms with Crippen molar-refractivity contribution in [3.63, 3.8) is 0 Å². The summed E-state index contributed by atoms with van der Waals surface area (Å²) in [7, 11) is 0. The van der Waals surface area contributed by atoms with Crippen LogP contribution < -0.4 is 5.32 Å². The predicted molar refractivity (Wildman–Crippen MR) is 115 cm³/mol. The van der Waals surface area contributed by atoms with E-state index in [-0.39, 0.29) is 18.2 Å². The molecule has 0 fully saturated rings. The number of hydrogen-bond donors (Lipinski definition) is 2. The third kappa shape index (κ3) is 3.68. The average molecular weight is 467 g/mol. The van der Waals surface area contributed by atoms with Gasteiger partial charge >= 0.3 is 12.1 Å². The number of halogens is 1. The topological polar surface area (TPSA) is 88.5 Å². The Hall–Kier alpha value is -3.19. The number of pyridine rings is 1. The van der Waals surface area contributed by atoms with Gasteiger partial charge in [-0.25, -0.2) is 9.59 Å². The molecule has 0 spiro atoms. The maximum absolute atomic E-state index is 12.5. The summed E-state index contributed by atoms with van der Waals surface area (Å²) in [6.45, 7) is 1.93. The molecule has 0 aliphatic heterocycles. The standard InChI is InChI=1S/C23H19BrN2O4/c1-13-10-11-25-20(19(13)24)21(22(27)28)26-23(29)30-12-18-16-8-4-2-6-14(16)15-7-3-5-9-17(15)18/h2-11,18,21H,12H2,1H3,(H,26,29)(H,27,28). The number of carbonyl (C=O) groups excluding carboxylic acids is 1. The maximum atomic E-state index is 12.5. The van der Waals surface area contributed by atoms with E-state index in [1.165, 1.54) is 6.20 Å². The number of carbonyl (C=O) groups is 2. The fourth-order valence-electron chi connectivity index (χ4n) is 3.77. The lowest BCUT2D eigenvalue weighted by Gasteiger charge is -2.18. The van der Waals surface area contributed by atoms with Gasteiger partial charge < -0.3 is 15.2 Å². The molecule has 0 saturated carbocycles. The summed E-state index contributed by atoms with van der Waals surface area (Å²) in [5, 5.41) is 12.0. The van der Waals surface area contributed by atoms with Crippen LogP contribution in [-0.4, -0.2) is 28.8 Å². The fraction of sp³-hybridized carbons (Fsp3) is 0.174. The summed E-state index contributed by atoms with van der Waals surface area (Å²) in [6.07, 6.45) is 0.699. The summed E-state index contributed by atoms with van der Waals surface area (Å²) in [4.78, 5) is 28.3. The fourth-order valence-corrected chi connectivity index (χ4v) is 4.23. The Morgan fingerprint density at radius 1 is 1.10 bits per heavy atom. The molecule has 1 heterocycles. The molecule has 1 aliphatic carbocycles. The molecule has 0 bridgehead atoms. The Morgan fingerprint density at radius 2 is 1.70 bits per heavy atom. The maximum Gasteiger partial charge on any atom is 0.408 e. The zero-order valence-corrected chi connectivity index (χ0v) is 17.7. The van der Waals surface area contributed by atoms with Gasteiger partial charge in [-0.15, -0.1) is 0 Å². The Morgan fingerprint density at radius 3 is 2.30 bits per heavy atom. The molecule has 6 nitrogen and oxygen atoms in total. The Balaban J connectivity index is 1.51. The SMILES string of the molecule is Cc1ccnc(C(NC(=O)OCC2c3ccccc3-c3ccccc32)C(=O)O)c1Br. The van der Waals surface area contributed by atoms with E-state index < -0.39 is 18.1 Å². The van der Waals surface area contributed by atoms with E-state index in [9.17, 15) is 14.7 Å². The number of benzene rings is 2. The highest BCUT2D eigenvalue weighted by atomic mass is 79.9. The number of carboxylic acid groups (broad SMARTS) is 1. The van der Waals surface area contributed by atoms with E-state index in [1.807, 2.05) is 43.3 Å². The van der Waals surface area contributed by atoms with Crippen LogP contribution in [0.15, 0.2) is 65.3 Å². The number of nitrogens with one attached hydrogen (secondary N) is 1. The lowest BCUT2D eigenvalue weighted by Crippen LogP contribution is -2.35. The predicted octanol–water partition coefficient (Wildman–Crippen LogP) is 4.82. The first kappa shape index (κ1) is 20.1. The summed E-state index contributed by atoms with van der Waals surface area (Å²) in [6, 6.07) is 16.5. The first-order valence-corrected chi connectivity index (χ1v) is 10.2. The van der Waals surface area contributed by atoms with Crippen molar-refractivity contribution in [2.75, 3.05) is 6.61 Å². The number of nitrogens with zero attached hydrogens (tertiary/aromatic N) is 1. The quantitative estimate of drug-likeness (QED) is 0.562. The second kappa shape index (κ2) is 8.28. The molecule has 2 N–H and O–H groups in total. The van der Waals surface area contributed by atoms with E-state index in [0.29, 0.717) is 4.47 Å². The van der Waals surface area contributed by atoms with Crippen molar-refractivity contribution in [1.82, 2.24) is 10.3 Å². The minimum atomic E-state index is -1.32. The highest BCUT2D eigenvalue weighted by Gasteiger charge is 2.31. The third-order valence-electron chi connectivity index (χ3n) is 5.24. The number of aryl methyl sites for hydroxylation is 1. The van der Waals surface area contributed by atoms with Crippen LogP contribution in [0.1, 0.15) is 34.3 Å². The van der Waals surface area contributed by atoms with Crippen LogP contribution >= 0.6 is 15.9 Å². The number of aromatic nitrogens is 1. The Kier molecular flexibility index (Phi) is 5.55. The number of aliphatic carboxylic acids is 1. The number of alkyl carbamates (subject to hydrolysis) is 1. The third-order valence-corrected chi connectivity index (χ3v) is 6.27. The minimum Gasteiger partial charge on any atom is -0.479 e. The summed E-state index contributed by atoms with van der Waals surface area (Å²) >= 11 is 3.35. The molecule has 1 aliphatic rings. The van der Waals surface area contributed by atoms with Gasteiger partial charge in [0.25, 0.3) is 0 Å². The lowest BCUT2D eigenvalue weighted by atomic mass is 9.98. The lowest BCUT2D eigenvalue weighted by molar-refractivity contribution is -0.139. The number of carboxylic acids is 1. The highest BCUT2D eigenvalue weighted by molar-refractivity contribution is 9.10. The summed E-state index contributed by atoms with van der Waals surface area (Å²) < 4.78 is 5.99. The van der Waals surface area contributed by atoms with Crippen LogP contribution in [-0.2, 0) is 9.53 Å². The van der Waals surface area contributed by atoms with E-state index in [0.717, 1.165) is 27.8 Å². The van der Waals surface area contributed by atoms with Gasteiger partial charge in [0.05, 0.1) is 5.69 Å². The van der Waals surface area contributed by atoms with E-state index in [2.05, 4.69) is 38.4 Å². The van der Waals surface area contributed by atoms with Gasteiger partial charge in [-0.3, -0.25) is 4.98 Å². The number of rotatable bonds is 5. The zero-order chi connectivity index (χ0) is 21.3. The molecule has 0 saturated heterocycles. The minimum absolute atomic E-state index is 0.102. The highest BCUT2D eigenvalue weighted by Crippen LogP contribution is 2.44. The van der Waals surface area contributed by atoms with Crippen LogP contribution in [0.4, 0.5) is 4.79 Å². The second-order valence-electron chi connectivity index (χ2n) is 7.07. The Bertz CT molecular complexity index is 1090.